The van der Waals surface area contributed by atoms with Gasteiger partial charge in [0.15, 0.2) is 0 Å². The minimum Gasteiger partial charge on any atom is -0.397 e. The Morgan fingerprint density at radius 2 is 2.20 bits per heavy atom. The van der Waals surface area contributed by atoms with Gasteiger partial charge in [0.2, 0.25) is 0 Å². The van der Waals surface area contributed by atoms with Crippen molar-refractivity contribution >= 4 is 11.4 Å². The van der Waals surface area contributed by atoms with Crippen LogP contribution in [0.5, 0.6) is 0 Å². The lowest BCUT2D eigenvalue weighted by Crippen LogP contribution is -1.97. The van der Waals surface area contributed by atoms with Gasteiger partial charge in [-0.15, -0.1) is 0 Å². The van der Waals surface area contributed by atoms with Crippen molar-refractivity contribution in [1.29, 1.82) is 0 Å². The number of nitrogens with zero attached hydrogens (tertiary/aromatic N) is 3. The molecule has 1 aromatic carbocycles. The van der Waals surface area contributed by atoms with Crippen LogP contribution in [0.2, 0.25) is 0 Å². The zero-order valence-corrected chi connectivity index (χ0v) is 8.36. The van der Waals surface area contributed by atoms with E-state index in [1.807, 2.05) is 13.0 Å². The zero-order chi connectivity index (χ0) is 11.3. The molecule has 1 rings (SSSR count). The average Bonchev–Trinajstić information content (AvgIpc) is 2.21. The topological polar surface area (TPSA) is 101 Å². The standard InChI is InChI=1S/C10H11N5/c1-7-5-8(3-2-4-14-15-13)6-9(11)10(7)12/h5-6H,4,11-12H2,1H3. The third-order valence-electron chi connectivity index (χ3n) is 1.86. The summed E-state index contributed by atoms with van der Waals surface area (Å²) in [6, 6.07) is 3.54. The molecule has 4 N–H and O–H groups in total. The first kappa shape index (κ1) is 10.8. The summed E-state index contributed by atoms with van der Waals surface area (Å²) in [7, 11) is 0. The van der Waals surface area contributed by atoms with Crippen LogP contribution in [0.25, 0.3) is 10.4 Å². The molecule has 76 valence electrons. The quantitative estimate of drug-likeness (QED) is 0.238. The van der Waals surface area contributed by atoms with Crippen LogP contribution in [0.4, 0.5) is 11.4 Å². The second-order valence-corrected chi connectivity index (χ2v) is 2.99. The molecule has 0 atom stereocenters. The molecule has 0 aromatic heterocycles. The number of nitrogens with two attached hydrogens (primary N) is 2. The van der Waals surface area contributed by atoms with E-state index in [2.05, 4.69) is 21.9 Å². The smallest absolute Gasteiger partial charge is 0.0880 e. The third kappa shape index (κ3) is 2.83. The number of nitrogen functional groups attached to an aromatic ring is 2. The van der Waals surface area contributed by atoms with Gasteiger partial charge in [-0.05, 0) is 30.2 Å². The van der Waals surface area contributed by atoms with Crippen LogP contribution in [0, 0.1) is 18.8 Å². The molecule has 15 heavy (non-hydrogen) atoms. The van der Waals surface area contributed by atoms with Crippen molar-refractivity contribution in [2.75, 3.05) is 18.0 Å². The molecular weight excluding hydrogens is 190 g/mol. The molecule has 0 aliphatic heterocycles. The fraction of sp³-hybridized carbons (Fsp3) is 0.200. The third-order valence-corrected chi connectivity index (χ3v) is 1.86. The van der Waals surface area contributed by atoms with Crippen molar-refractivity contribution in [3.05, 3.63) is 33.7 Å². The van der Waals surface area contributed by atoms with Crippen LogP contribution in [0.3, 0.4) is 0 Å². The first-order chi connectivity index (χ1) is 7.15. The van der Waals surface area contributed by atoms with E-state index in [1.54, 1.807) is 6.07 Å². The molecule has 0 fully saturated rings. The van der Waals surface area contributed by atoms with Gasteiger partial charge in [-0.3, -0.25) is 0 Å². The van der Waals surface area contributed by atoms with E-state index in [0.29, 0.717) is 11.4 Å². The van der Waals surface area contributed by atoms with Gasteiger partial charge in [0.05, 0.1) is 17.9 Å². The lowest BCUT2D eigenvalue weighted by molar-refractivity contribution is 1.25. The highest BCUT2D eigenvalue weighted by molar-refractivity contribution is 5.69. The van der Waals surface area contributed by atoms with E-state index in [-0.39, 0.29) is 6.54 Å². The highest BCUT2D eigenvalue weighted by Crippen LogP contribution is 2.20. The lowest BCUT2D eigenvalue weighted by atomic mass is 10.1. The van der Waals surface area contributed by atoms with Crippen molar-refractivity contribution in [2.24, 2.45) is 5.11 Å². The van der Waals surface area contributed by atoms with Crippen molar-refractivity contribution in [1.82, 2.24) is 0 Å². The molecule has 0 saturated heterocycles. The van der Waals surface area contributed by atoms with Crippen LogP contribution in [-0.4, -0.2) is 6.54 Å². The first-order valence-corrected chi connectivity index (χ1v) is 4.30. The van der Waals surface area contributed by atoms with Crippen molar-refractivity contribution in [2.45, 2.75) is 6.92 Å². The van der Waals surface area contributed by atoms with Crippen LogP contribution < -0.4 is 11.5 Å². The van der Waals surface area contributed by atoms with Crippen molar-refractivity contribution in [3.8, 4) is 11.8 Å². The van der Waals surface area contributed by atoms with E-state index in [1.165, 1.54) is 0 Å². The van der Waals surface area contributed by atoms with Crippen LogP contribution in [-0.2, 0) is 0 Å². The summed E-state index contributed by atoms with van der Waals surface area (Å²) in [5, 5.41) is 3.30. The maximum absolute atomic E-state index is 8.04. The predicted octanol–water partition coefficient (Wildman–Crippen LogP) is 1.82. The monoisotopic (exact) mass is 201 g/mol. The fourth-order valence-corrected chi connectivity index (χ4v) is 1.11. The second kappa shape index (κ2) is 4.80. The lowest BCUT2D eigenvalue weighted by Gasteiger charge is -2.04. The van der Waals surface area contributed by atoms with E-state index in [4.69, 9.17) is 17.0 Å². The molecule has 0 heterocycles. The maximum Gasteiger partial charge on any atom is 0.0880 e. The fourth-order valence-electron chi connectivity index (χ4n) is 1.11. The second-order valence-electron chi connectivity index (χ2n) is 2.99. The zero-order valence-electron chi connectivity index (χ0n) is 8.36. The van der Waals surface area contributed by atoms with Crippen molar-refractivity contribution in [3.63, 3.8) is 0 Å². The highest BCUT2D eigenvalue weighted by Gasteiger charge is 1.99. The number of azide groups is 1. The van der Waals surface area contributed by atoms with Gasteiger partial charge in [-0.1, -0.05) is 17.0 Å². The summed E-state index contributed by atoms with van der Waals surface area (Å²) in [5.41, 5.74) is 22.2. The Bertz CT molecular complexity index is 451. The van der Waals surface area contributed by atoms with Crippen molar-refractivity contribution < 1.29 is 0 Å². The summed E-state index contributed by atoms with van der Waals surface area (Å²) in [4.78, 5) is 2.59. The number of rotatable bonds is 1. The van der Waals surface area contributed by atoms with Gasteiger partial charge in [-0.2, -0.15) is 0 Å². The van der Waals surface area contributed by atoms with Gasteiger partial charge in [-0.25, -0.2) is 0 Å². The Morgan fingerprint density at radius 1 is 1.47 bits per heavy atom. The van der Waals surface area contributed by atoms with Crippen LogP contribution in [0.1, 0.15) is 11.1 Å². The van der Waals surface area contributed by atoms with Gasteiger partial charge in [0.1, 0.15) is 0 Å². The highest BCUT2D eigenvalue weighted by atomic mass is 15.1. The molecule has 0 unspecified atom stereocenters. The summed E-state index contributed by atoms with van der Waals surface area (Å²) in [6.07, 6.45) is 0. The number of aryl methyl sites for hydroxylation is 1. The Morgan fingerprint density at radius 3 is 2.80 bits per heavy atom. The molecular formula is C10H11N5. The molecule has 0 saturated carbocycles. The minimum absolute atomic E-state index is 0.153. The Labute approximate surface area is 87.7 Å². The van der Waals surface area contributed by atoms with Gasteiger partial charge >= 0.3 is 0 Å². The van der Waals surface area contributed by atoms with E-state index < -0.39 is 0 Å². The number of benzene rings is 1. The van der Waals surface area contributed by atoms with Gasteiger partial charge in [0, 0.05) is 10.5 Å². The largest absolute Gasteiger partial charge is 0.397 e. The summed E-state index contributed by atoms with van der Waals surface area (Å²) >= 11 is 0. The Hall–Kier alpha value is -2.31. The molecule has 0 bridgehead atoms. The first-order valence-electron chi connectivity index (χ1n) is 4.30. The van der Waals surface area contributed by atoms with Gasteiger partial charge in [0.25, 0.3) is 0 Å². The molecule has 0 spiro atoms. The van der Waals surface area contributed by atoms with E-state index in [0.717, 1.165) is 11.1 Å². The number of anilines is 2. The average molecular weight is 201 g/mol. The molecule has 0 aliphatic rings. The summed E-state index contributed by atoms with van der Waals surface area (Å²) < 4.78 is 0. The van der Waals surface area contributed by atoms with Gasteiger partial charge < -0.3 is 11.5 Å². The molecule has 5 nitrogen and oxygen atoms in total. The van der Waals surface area contributed by atoms with E-state index in [9.17, 15) is 0 Å². The number of hydrogen-bond acceptors (Lipinski definition) is 3. The molecule has 0 radical (unpaired) electrons. The Balaban J connectivity index is 2.95. The van der Waals surface area contributed by atoms with E-state index >= 15 is 0 Å². The normalized spacial score (nSPS) is 8.60. The summed E-state index contributed by atoms with van der Waals surface area (Å²) in [6.45, 7) is 2.02. The van der Waals surface area contributed by atoms with Crippen LogP contribution >= 0.6 is 0 Å². The Kier molecular flexibility index (Phi) is 3.44. The summed E-state index contributed by atoms with van der Waals surface area (Å²) in [5.74, 6) is 5.55. The molecule has 0 aliphatic carbocycles. The van der Waals surface area contributed by atoms with Crippen LogP contribution in [0.15, 0.2) is 17.2 Å². The molecule has 0 amide bonds. The number of hydrogen-bond donors (Lipinski definition) is 2. The SMILES string of the molecule is Cc1cc(C#CCN=[N+]=[N-])cc(N)c1N. The minimum atomic E-state index is 0.153. The maximum atomic E-state index is 8.04. The molecule has 5 heteroatoms. The molecule has 1 aromatic rings. The predicted molar refractivity (Wildman–Crippen MR) is 60.9 cm³/mol.